The lowest BCUT2D eigenvalue weighted by molar-refractivity contribution is 0.116. The number of benzene rings is 2. The number of halogens is 4. The number of hydrogen-bond donors (Lipinski definition) is 1. The maximum absolute atomic E-state index is 14.6. The normalized spacial score (nSPS) is 11.7. The van der Waals surface area contributed by atoms with Gasteiger partial charge in [-0.05, 0) is 24.3 Å². The zero-order valence-corrected chi connectivity index (χ0v) is 16.7. The van der Waals surface area contributed by atoms with Crippen molar-refractivity contribution in [3.63, 3.8) is 0 Å². The fraction of sp³-hybridized carbons (Fsp3) is 0.105. The van der Waals surface area contributed by atoms with Crippen molar-refractivity contribution in [2.45, 2.75) is 13.0 Å². The Labute approximate surface area is 180 Å². The van der Waals surface area contributed by atoms with Crippen LogP contribution in [-0.4, -0.2) is 30.2 Å². The summed E-state index contributed by atoms with van der Waals surface area (Å²) < 4.78 is 61.2. The highest BCUT2D eigenvalue weighted by atomic mass is 32.1. The van der Waals surface area contributed by atoms with Gasteiger partial charge in [-0.3, -0.25) is 0 Å². The van der Waals surface area contributed by atoms with Gasteiger partial charge < -0.3 is 10.2 Å². The van der Waals surface area contributed by atoms with Crippen LogP contribution >= 0.6 is 11.3 Å². The van der Waals surface area contributed by atoms with Gasteiger partial charge in [-0.1, -0.05) is 22.6 Å². The van der Waals surface area contributed by atoms with Crippen LogP contribution in [0.15, 0.2) is 40.9 Å². The zero-order valence-electron chi connectivity index (χ0n) is 15.8. The molecule has 32 heavy (non-hydrogen) atoms. The Morgan fingerprint density at radius 3 is 2.69 bits per heavy atom. The van der Waals surface area contributed by atoms with E-state index in [0.29, 0.717) is 10.8 Å². The lowest BCUT2D eigenvalue weighted by Gasteiger charge is -2.06. The van der Waals surface area contributed by atoms with E-state index in [9.17, 15) is 17.6 Å². The number of hydrogen-bond acceptors (Lipinski definition) is 8. The first-order valence-electron chi connectivity index (χ1n) is 9.04. The van der Waals surface area contributed by atoms with E-state index in [2.05, 4.69) is 25.5 Å². The number of nitrogens with zero attached hydrogens (tertiary/aromatic N) is 6. The van der Waals surface area contributed by atoms with Crippen LogP contribution in [0.4, 0.5) is 22.7 Å². The topological polar surface area (TPSA) is 109 Å². The average molecular weight is 461 g/mol. The number of thiazole rings is 1. The lowest BCUT2D eigenvalue weighted by atomic mass is 10.1. The molecule has 0 fully saturated rings. The summed E-state index contributed by atoms with van der Waals surface area (Å²) in [6.07, 6.45) is -1.43. The molecule has 0 spiro atoms. The van der Waals surface area contributed by atoms with Crippen LogP contribution in [0.5, 0.6) is 0 Å². The monoisotopic (exact) mass is 461 g/mol. The predicted octanol–water partition coefficient (Wildman–Crippen LogP) is 4.45. The molecule has 3 heterocycles. The van der Waals surface area contributed by atoms with Crippen molar-refractivity contribution in [1.29, 1.82) is 0 Å². The third-order valence-electron chi connectivity index (χ3n) is 4.57. The third-order valence-corrected chi connectivity index (χ3v) is 5.41. The Hall–Kier alpha value is -3.87. The number of nitrogen functional groups attached to an aromatic ring is 1. The van der Waals surface area contributed by atoms with Crippen LogP contribution < -0.4 is 5.73 Å². The second-order valence-corrected chi connectivity index (χ2v) is 7.77. The van der Waals surface area contributed by atoms with Gasteiger partial charge in [0.1, 0.15) is 17.3 Å². The number of rotatable bonds is 5. The smallest absolute Gasteiger partial charge is 0.314 e. The van der Waals surface area contributed by atoms with Gasteiger partial charge in [-0.15, -0.1) is 15.3 Å². The first-order valence-corrected chi connectivity index (χ1v) is 9.85. The van der Waals surface area contributed by atoms with Gasteiger partial charge in [0.2, 0.25) is 0 Å². The van der Waals surface area contributed by atoms with E-state index in [-0.39, 0.29) is 12.1 Å². The van der Waals surface area contributed by atoms with Crippen LogP contribution in [0.3, 0.4) is 0 Å². The molecule has 0 aliphatic heterocycles. The Balaban J connectivity index is 1.40. The van der Waals surface area contributed by atoms with Crippen molar-refractivity contribution < 1.29 is 22.0 Å². The summed E-state index contributed by atoms with van der Waals surface area (Å²) in [5, 5.41) is 15.0. The first kappa shape index (κ1) is 20.1. The maximum atomic E-state index is 14.6. The van der Waals surface area contributed by atoms with Crippen molar-refractivity contribution in [1.82, 2.24) is 30.2 Å². The fourth-order valence-corrected chi connectivity index (χ4v) is 3.86. The predicted molar refractivity (Wildman–Crippen MR) is 107 cm³/mol. The van der Waals surface area contributed by atoms with Crippen molar-refractivity contribution in [3.05, 3.63) is 59.6 Å². The molecule has 0 unspecified atom stereocenters. The number of aromatic nitrogens is 6. The van der Waals surface area contributed by atoms with E-state index in [1.165, 1.54) is 16.0 Å². The van der Waals surface area contributed by atoms with Crippen LogP contribution in [0.2, 0.25) is 0 Å². The molecular formula is C19H11F4N7OS. The number of anilines is 1. The Morgan fingerprint density at radius 2 is 1.91 bits per heavy atom. The Bertz CT molecular complexity index is 1450. The molecule has 3 aromatic heterocycles. The zero-order chi connectivity index (χ0) is 22.4. The highest BCUT2D eigenvalue weighted by Gasteiger charge is 2.21. The summed E-state index contributed by atoms with van der Waals surface area (Å²) in [4.78, 5) is 4.19. The highest BCUT2D eigenvalue weighted by Crippen LogP contribution is 2.29. The molecular weight excluding hydrogens is 450 g/mol. The first-order chi connectivity index (χ1) is 15.4. The fourth-order valence-electron chi connectivity index (χ4n) is 3.09. The summed E-state index contributed by atoms with van der Waals surface area (Å²) in [7, 11) is 0. The molecule has 2 N–H and O–H groups in total. The molecule has 13 heteroatoms. The molecule has 0 radical (unpaired) electrons. The number of alkyl halides is 2. The van der Waals surface area contributed by atoms with Crippen LogP contribution in [0.25, 0.3) is 32.9 Å². The molecule has 162 valence electrons. The SMILES string of the molecule is Nc1nc2ccc(-c3cn(Cc4cc(F)c(-c5nnc(C(F)F)o5)cc4F)nn3)cc2s1. The van der Waals surface area contributed by atoms with Gasteiger partial charge >= 0.3 is 6.43 Å². The summed E-state index contributed by atoms with van der Waals surface area (Å²) in [5.74, 6) is -3.21. The highest BCUT2D eigenvalue weighted by molar-refractivity contribution is 7.22. The van der Waals surface area contributed by atoms with Crippen LogP contribution in [0.1, 0.15) is 17.9 Å². The second-order valence-electron chi connectivity index (χ2n) is 6.71. The lowest BCUT2D eigenvalue weighted by Crippen LogP contribution is -2.04. The molecule has 5 aromatic rings. The molecule has 5 rings (SSSR count). The molecule has 8 nitrogen and oxygen atoms in total. The Kier molecular flexibility index (Phi) is 4.81. The van der Waals surface area contributed by atoms with E-state index < -0.39 is 35.4 Å². The maximum Gasteiger partial charge on any atom is 0.314 e. The van der Waals surface area contributed by atoms with E-state index in [1.54, 1.807) is 12.3 Å². The summed E-state index contributed by atoms with van der Waals surface area (Å²) in [6, 6.07) is 7.22. The molecule has 0 amide bonds. The Morgan fingerprint density at radius 1 is 1.06 bits per heavy atom. The molecule has 0 saturated carbocycles. The van der Waals surface area contributed by atoms with Gasteiger partial charge in [0.25, 0.3) is 11.8 Å². The molecule has 0 aliphatic rings. The summed E-state index contributed by atoms with van der Waals surface area (Å²) in [5.41, 5.74) is 7.34. The summed E-state index contributed by atoms with van der Waals surface area (Å²) >= 11 is 1.34. The molecule has 0 atom stereocenters. The second kappa shape index (κ2) is 7.67. The van der Waals surface area contributed by atoms with E-state index in [1.807, 2.05) is 12.1 Å². The van der Waals surface area contributed by atoms with Crippen molar-refractivity contribution >= 4 is 26.7 Å². The van der Waals surface area contributed by atoms with Gasteiger partial charge in [-0.2, -0.15) is 8.78 Å². The van der Waals surface area contributed by atoms with E-state index in [4.69, 9.17) is 10.2 Å². The quantitative estimate of drug-likeness (QED) is 0.385. The van der Waals surface area contributed by atoms with Gasteiger partial charge in [0.05, 0.1) is 28.5 Å². The molecule has 0 aliphatic carbocycles. The van der Waals surface area contributed by atoms with Gasteiger partial charge in [-0.25, -0.2) is 18.4 Å². The van der Waals surface area contributed by atoms with Gasteiger partial charge in [0.15, 0.2) is 5.13 Å². The van der Waals surface area contributed by atoms with Crippen molar-refractivity contribution in [3.8, 4) is 22.7 Å². The van der Waals surface area contributed by atoms with Crippen molar-refractivity contribution in [2.75, 3.05) is 5.73 Å². The largest absolute Gasteiger partial charge is 0.415 e. The van der Waals surface area contributed by atoms with E-state index >= 15 is 0 Å². The summed E-state index contributed by atoms with van der Waals surface area (Å²) in [6.45, 7) is -0.113. The van der Waals surface area contributed by atoms with Crippen LogP contribution in [-0.2, 0) is 6.54 Å². The van der Waals surface area contributed by atoms with Gasteiger partial charge in [0, 0.05) is 11.1 Å². The minimum absolute atomic E-state index is 0.0259. The number of fused-ring (bicyclic) bond motifs is 1. The average Bonchev–Trinajstić information content (AvgIpc) is 3.48. The van der Waals surface area contributed by atoms with Crippen LogP contribution in [0, 0.1) is 11.6 Å². The molecule has 0 saturated heterocycles. The molecule has 0 bridgehead atoms. The number of nitrogens with two attached hydrogens (primary N) is 1. The molecule has 2 aromatic carbocycles. The third kappa shape index (κ3) is 3.66. The van der Waals surface area contributed by atoms with E-state index in [0.717, 1.165) is 27.9 Å². The van der Waals surface area contributed by atoms with Crippen molar-refractivity contribution in [2.24, 2.45) is 0 Å². The minimum atomic E-state index is -3.01. The minimum Gasteiger partial charge on any atom is -0.415 e. The standard InChI is InChI=1S/C19H11F4N7OS/c20-11-5-10(17-27-28-18(31-17)16(22)23)12(21)3-9(11)6-30-7-14(26-29-30)8-1-2-13-15(4-8)32-19(24)25-13/h1-5,7,16H,6H2,(H2,24,25).